The molecule has 0 aromatic carbocycles. The molecule has 72 valence electrons. The Morgan fingerprint density at radius 1 is 1.77 bits per heavy atom. The number of amides is 1. The van der Waals surface area contributed by atoms with Gasteiger partial charge in [-0.25, -0.2) is 0 Å². The molecule has 0 radical (unpaired) electrons. The lowest BCUT2D eigenvalue weighted by molar-refractivity contribution is -0.115. The molecule has 13 heavy (non-hydrogen) atoms. The largest absolute Gasteiger partial charge is 0.328 e. The molecule has 1 aromatic rings. The number of alkyl halides is 1. The molecule has 1 heterocycles. The molecule has 0 saturated heterocycles. The molecule has 0 aliphatic heterocycles. The highest BCUT2D eigenvalue weighted by Crippen LogP contribution is 2.08. The molecule has 0 saturated carbocycles. The summed E-state index contributed by atoms with van der Waals surface area (Å²) in [7, 11) is 0. The fraction of sp³-hybridized carbons (Fsp3) is 0.571. The number of halogens is 1. The molecule has 1 amide bonds. The molecular weight excluding hydrogens is 238 g/mol. The van der Waals surface area contributed by atoms with Gasteiger partial charge in [0.1, 0.15) is 0 Å². The van der Waals surface area contributed by atoms with Crippen LogP contribution in [0.25, 0.3) is 0 Å². The van der Waals surface area contributed by atoms with Gasteiger partial charge in [-0.15, -0.1) is 0 Å². The topological polar surface area (TPSA) is 68.0 Å². The molecular formula is C7H10BrN3O2. The van der Waals surface area contributed by atoms with Crippen LogP contribution in [0.1, 0.15) is 19.2 Å². The van der Waals surface area contributed by atoms with Crippen molar-refractivity contribution >= 4 is 27.9 Å². The minimum atomic E-state index is -0.222. The molecule has 0 aliphatic rings. The summed E-state index contributed by atoms with van der Waals surface area (Å²) < 4.78 is 4.72. The molecule has 0 bridgehead atoms. The van der Waals surface area contributed by atoms with Crippen LogP contribution in [0.2, 0.25) is 0 Å². The van der Waals surface area contributed by atoms with Crippen molar-refractivity contribution < 1.29 is 9.32 Å². The molecule has 1 aromatic heterocycles. The molecule has 0 fully saturated rings. The Balaban J connectivity index is 2.54. The van der Waals surface area contributed by atoms with Gasteiger partial charge in [0, 0.05) is 0 Å². The van der Waals surface area contributed by atoms with E-state index in [0.29, 0.717) is 12.2 Å². The van der Waals surface area contributed by atoms with E-state index < -0.39 is 0 Å². The van der Waals surface area contributed by atoms with Crippen LogP contribution < -0.4 is 5.32 Å². The van der Waals surface area contributed by atoms with Gasteiger partial charge >= 0.3 is 6.01 Å². The molecule has 6 heteroatoms. The highest BCUT2D eigenvalue weighted by molar-refractivity contribution is 9.10. The summed E-state index contributed by atoms with van der Waals surface area (Å²) in [6.45, 7) is 3.59. The van der Waals surface area contributed by atoms with Gasteiger partial charge in [0.25, 0.3) is 0 Å². The maximum atomic E-state index is 11.3. The molecule has 1 rings (SSSR count). The predicted octanol–water partition coefficient (Wildman–Crippen LogP) is 1.49. The number of nitrogens with one attached hydrogen (secondary N) is 1. The smallest absolute Gasteiger partial charge is 0.315 e. The Kier molecular flexibility index (Phi) is 3.41. The third kappa shape index (κ3) is 2.80. The van der Waals surface area contributed by atoms with Crippen molar-refractivity contribution in [1.29, 1.82) is 0 Å². The molecule has 1 unspecified atom stereocenters. The Morgan fingerprint density at radius 2 is 2.46 bits per heavy atom. The van der Waals surface area contributed by atoms with Crippen LogP contribution in [-0.4, -0.2) is 20.9 Å². The van der Waals surface area contributed by atoms with Crippen LogP contribution >= 0.6 is 15.9 Å². The first-order chi connectivity index (χ1) is 6.13. The minimum Gasteiger partial charge on any atom is -0.315 e. The number of hydrogen-bond donors (Lipinski definition) is 1. The van der Waals surface area contributed by atoms with Gasteiger partial charge in [0.2, 0.25) is 5.91 Å². The van der Waals surface area contributed by atoms with Crippen LogP contribution in [0.4, 0.5) is 6.01 Å². The molecule has 5 nitrogen and oxygen atoms in total. The lowest BCUT2D eigenvalue weighted by atomic mass is 10.3. The highest BCUT2D eigenvalue weighted by Gasteiger charge is 2.14. The first-order valence-electron chi connectivity index (χ1n) is 3.88. The Labute approximate surface area is 84.0 Å². The van der Waals surface area contributed by atoms with Crippen molar-refractivity contribution in [2.75, 3.05) is 5.32 Å². The fourth-order valence-corrected chi connectivity index (χ4v) is 0.831. The lowest BCUT2D eigenvalue weighted by Crippen LogP contribution is -2.22. The SMILES string of the molecule is CCC(Br)C(=O)Nc1nc(C)no1. The fourth-order valence-electron chi connectivity index (χ4n) is 0.717. The average molecular weight is 248 g/mol. The van der Waals surface area contributed by atoms with Gasteiger partial charge in [-0.1, -0.05) is 28.0 Å². The number of anilines is 1. The Hall–Kier alpha value is -0.910. The standard InChI is InChI=1S/C7H10BrN3O2/c1-3-5(8)6(12)10-7-9-4(2)11-13-7/h5H,3H2,1-2H3,(H,9,10,11,12). The van der Waals surface area contributed by atoms with E-state index in [1.807, 2.05) is 6.92 Å². The summed E-state index contributed by atoms with van der Waals surface area (Å²) in [5.74, 6) is 0.323. The normalized spacial score (nSPS) is 12.5. The van der Waals surface area contributed by atoms with E-state index in [1.165, 1.54) is 0 Å². The van der Waals surface area contributed by atoms with E-state index in [2.05, 4.69) is 31.4 Å². The van der Waals surface area contributed by atoms with Gasteiger partial charge in [0.15, 0.2) is 5.82 Å². The van der Waals surface area contributed by atoms with E-state index >= 15 is 0 Å². The van der Waals surface area contributed by atoms with Crippen molar-refractivity contribution in [3.63, 3.8) is 0 Å². The summed E-state index contributed by atoms with van der Waals surface area (Å²) in [5, 5.41) is 6.03. The number of aryl methyl sites for hydroxylation is 1. The van der Waals surface area contributed by atoms with Crippen LogP contribution in [0, 0.1) is 6.92 Å². The number of nitrogens with zero attached hydrogens (tertiary/aromatic N) is 2. The van der Waals surface area contributed by atoms with Crippen LogP contribution in [-0.2, 0) is 4.79 Å². The summed E-state index contributed by atoms with van der Waals surface area (Å²) in [6, 6.07) is 0.139. The van der Waals surface area contributed by atoms with Crippen molar-refractivity contribution in [2.24, 2.45) is 0 Å². The van der Waals surface area contributed by atoms with Gasteiger partial charge in [-0.05, 0) is 13.3 Å². The van der Waals surface area contributed by atoms with E-state index in [1.54, 1.807) is 6.92 Å². The number of rotatable bonds is 3. The maximum absolute atomic E-state index is 11.3. The molecule has 1 N–H and O–H groups in total. The predicted molar refractivity (Wildman–Crippen MR) is 50.7 cm³/mol. The second-order valence-electron chi connectivity index (χ2n) is 2.51. The minimum absolute atomic E-state index is 0.139. The monoisotopic (exact) mass is 247 g/mol. The third-order valence-electron chi connectivity index (χ3n) is 1.40. The van der Waals surface area contributed by atoms with Gasteiger partial charge in [-0.2, -0.15) is 4.98 Å². The average Bonchev–Trinajstić information content (AvgIpc) is 2.49. The number of hydrogen-bond acceptors (Lipinski definition) is 4. The Bertz CT molecular complexity index is 300. The van der Waals surface area contributed by atoms with Crippen LogP contribution in [0.15, 0.2) is 4.52 Å². The van der Waals surface area contributed by atoms with Crippen molar-refractivity contribution in [2.45, 2.75) is 25.1 Å². The maximum Gasteiger partial charge on any atom is 0.328 e. The molecule has 0 aliphatic carbocycles. The Morgan fingerprint density at radius 3 is 2.92 bits per heavy atom. The van der Waals surface area contributed by atoms with Gasteiger partial charge < -0.3 is 4.52 Å². The van der Waals surface area contributed by atoms with Crippen molar-refractivity contribution in [1.82, 2.24) is 10.1 Å². The summed E-state index contributed by atoms with van der Waals surface area (Å²) >= 11 is 3.20. The first kappa shape index (κ1) is 10.2. The van der Waals surface area contributed by atoms with Crippen LogP contribution in [0.5, 0.6) is 0 Å². The van der Waals surface area contributed by atoms with E-state index in [4.69, 9.17) is 4.52 Å². The van der Waals surface area contributed by atoms with E-state index in [0.717, 1.165) is 0 Å². The number of aromatic nitrogens is 2. The van der Waals surface area contributed by atoms with Crippen molar-refractivity contribution in [3.8, 4) is 0 Å². The zero-order valence-corrected chi connectivity index (χ0v) is 8.96. The lowest BCUT2D eigenvalue weighted by Gasteiger charge is -2.03. The van der Waals surface area contributed by atoms with E-state index in [9.17, 15) is 4.79 Å². The second-order valence-corrected chi connectivity index (χ2v) is 3.62. The zero-order chi connectivity index (χ0) is 9.84. The molecule has 0 spiro atoms. The summed E-state index contributed by atoms with van der Waals surface area (Å²) in [6.07, 6.45) is 0.707. The highest BCUT2D eigenvalue weighted by atomic mass is 79.9. The first-order valence-corrected chi connectivity index (χ1v) is 4.80. The number of carbonyl (C=O) groups excluding carboxylic acids is 1. The van der Waals surface area contributed by atoms with Crippen molar-refractivity contribution in [3.05, 3.63) is 5.82 Å². The van der Waals surface area contributed by atoms with Crippen LogP contribution in [0.3, 0.4) is 0 Å². The second kappa shape index (κ2) is 4.36. The van der Waals surface area contributed by atoms with Gasteiger partial charge in [0.05, 0.1) is 4.83 Å². The van der Waals surface area contributed by atoms with Gasteiger partial charge in [-0.3, -0.25) is 10.1 Å². The van der Waals surface area contributed by atoms with E-state index in [-0.39, 0.29) is 16.7 Å². The third-order valence-corrected chi connectivity index (χ3v) is 2.46. The quantitative estimate of drug-likeness (QED) is 0.823. The zero-order valence-electron chi connectivity index (χ0n) is 7.37. The molecule has 1 atom stereocenters. The summed E-state index contributed by atoms with van der Waals surface area (Å²) in [5.41, 5.74) is 0. The summed E-state index contributed by atoms with van der Waals surface area (Å²) in [4.78, 5) is 14.9. The number of carbonyl (C=O) groups is 1.